The molecule has 16 heteroatoms. The quantitative estimate of drug-likeness (QED) is 0.0946. The van der Waals surface area contributed by atoms with Gasteiger partial charge in [0.2, 0.25) is 0 Å². The van der Waals surface area contributed by atoms with Crippen LogP contribution in [0.3, 0.4) is 0 Å². The number of phenolic OH excluding ortho intramolecular Hbond substituents is 1. The first-order valence-electron chi connectivity index (χ1n) is 28.5. The number of hydrogen-bond acceptors (Lipinski definition) is 10. The van der Waals surface area contributed by atoms with Crippen LogP contribution in [0.1, 0.15) is 134 Å². The number of aromatic hydroxyl groups is 1. The van der Waals surface area contributed by atoms with E-state index in [9.17, 15) is 30.4 Å². The van der Waals surface area contributed by atoms with E-state index >= 15 is 0 Å². The maximum absolute atomic E-state index is 13.9. The predicted octanol–water partition coefficient (Wildman–Crippen LogP) is 12.0. The Labute approximate surface area is 474 Å². The molecule has 0 amide bonds. The number of fused-ring (bicyclic) bond motifs is 10. The summed E-state index contributed by atoms with van der Waals surface area (Å²) >= 11 is 0. The van der Waals surface area contributed by atoms with Gasteiger partial charge in [0.25, 0.3) is 0 Å². The minimum absolute atomic E-state index is 0.159. The van der Waals surface area contributed by atoms with Crippen molar-refractivity contribution in [1.82, 2.24) is 8.61 Å². The fourth-order valence-corrected chi connectivity index (χ4v) is 18.6. The second-order valence-corrected chi connectivity index (χ2v) is 28.2. The van der Waals surface area contributed by atoms with Crippen LogP contribution in [0, 0.1) is 34.5 Å². The molecule has 6 unspecified atom stereocenters. The van der Waals surface area contributed by atoms with E-state index in [1.165, 1.54) is 25.3 Å². The Morgan fingerprint density at radius 1 is 0.487 bits per heavy atom. The molecule has 6 aromatic rings. The SMILES string of the molecule is C[C@]12CCC3c4ccc(O)cc4CCC3C1CC[C@H]2OS(=O)(=O)N(Cc1ccccc1)Cc1ccccc1.C[C@]12CCC3c4ccc(OS(N)(=O)=O)cc4CCC3C1CC[C@H]2OS(=O)(=O)N(Cc1ccccc1)Cc1ccccc1. The van der Waals surface area contributed by atoms with Crippen LogP contribution < -0.4 is 9.32 Å². The smallest absolute Gasteiger partial charge is 0.380 e. The van der Waals surface area contributed by atoms with Crippen LogP contribution in [0.2, 0.25) is 0 Å². The predicted molar refractivity (Wildman–Crippen MR) is 309 cm³/mol. The number of nitrogens with zero attached hydrogens (tertiary/aromatic N) is 2. The highest BCUT2D eigenvalue weighted by atomic mass is 32.2. The highest BCUT2D eigenvalue weighted by molar-refractivity contribution is 7.85. The molecule has 0 aromatic heterocycles. The van der Waals surface area contributed by atoms with E-state index in [0.717, 1.165) is 98.4 Å². The van der Waals surface area contributed by atoms with Crippen molar-refractivity contribution < 1.29 is 42.9 Å². The number of rotatable bonds is 16. The van der Waals surface area contributed by atoms with Gasteiger partial charge < -0.3 is 9.29 Å². The number of benzene rings is 6. The Morgan fingerprint density at radius 3 is 1.25 bits per heavy atom. The molecule has 6 aliphatic carbocycles. The zero-order valence-corrected chi connectivity index (χ0v) is 48.2. The Bertz CT molecular complexity index is 3390. The van der Waals surface area contributed by atoms with Gasteiger partial charge in [0.1, 0.15) is 11.5 Å². The number of nitrogens with two attached hydrogens (primary N) is 1. The van der Waals surface area contributed by atoms with Gasteiger partial charge in [-0.15, -0.1) is 0 Å². The summed E-state index contributed by atoms with van der Waals surface area (Å²) in [5, 5.41) is 15.0. The highest BCUT2D eigenvalue weighted by Crippen LogP contribution is 2.63. The lowest BCUT2D eigenvalue weighted by molar-refractivity contribution is -0.0114. The van der Waals surface area contributed by atoms with Crippen LogP contribution in [0.15, 0.2) is 158 Å². The van der Waals surface area contributed by atoms with E-state index in [1.54, 1.807) is 12.1 Å². The van der Waals surface area contributed by atoms with Crippen molar-refractivity contribution in [2.75, 3.05) is 0 Å². The number of phenols is 1. The van der Waals surface area contributed by atoms with Gasteiger partial charge in [-0.1, -0.05) is 147 Å². The van der Waals surface area contributed by atoms with Crippen molar-refractivity contribution in [3.05, 3.63) is 202 Å². The molecule has 0 aliphatic heterocycles. The zero-order valence-electron chi connectivity index (χ0n) is 45.8. The Hall–Kier alpha value is -5.43. The van der Waals surface area contributed by atoms with Crippen molar-refractivity contribution in [2.45, 2.75) is 141 Å². The summed E-state index contributed by atoms with van der Waals surface area (Å²) in [5.41, 5.74) is 8.32. The molecule has 4 saturated carbocycles. The van der Waals surface area contributed by atoms with Gasteiger partial charge in [0, 0.05) is 26.2 Å². The van der Waals surface area contributed by atoms with E-state index in [4.69, 9.17) is 17.7 Å². The molecular weight excluding hydrogens is 1070 g/mol. The molecule has 0 bridgehead atoms. The lowest BCUT2D eigenvalue weighted by Gasteiger charge is -2.50. The molecule has 4 fully saturated rings. The van der Waals surface area contributed by atoms with Crippen LogP contribution in [-0.4, -0.2) is 51.2 Å². The summed E-state index contributed by atoms with van der Waals surface area (Å²) in [6.07, 6.45) is 10.4. The molecule has 0 spiro atoms. The number of aryl methyl sites for hydroxylation is 2. The lowest BCUT2D eigenvalue weighted by atomic mass is 9.55. The van der Waals surface area contributed by atoms with Crippen LogP contribution in [0.25, 0.3) is 0 Å². The van der Waals surface area contributed by atoms with E-state index in [2.05, 4.69) is 19.9 Å². The van der Waals surface area contributed by atoms with Crippen LogP contribution >= 0.6 is 0 Å². The maximum Gasteiger partial charge on any atom is 0.380 e. The van der Waals surface area contributed by atoms with Gasteiger partial charge in [0.05, 0.1) is 12.2 Å². The Morgan fingerprint density at radius 2 is 0.863 bits per heavy atom. The molecule has 80 heavy (non-hydrogen) atoms. The molecule has 0 heterocycles. The highest BCUT2D eigenvalue weighted by Gasteiger charge is 2.58. The van der Waals surface area contributed by atoms with Crippen molar-refractivity contribution in [3.8, 4) is 11.5 Å². The topological polar surface area (TPSA) is 183 Å². The van der Waals surface area contributed by atoms with Gasteiger partial charge in [-0.3, -0.25) is 8.37 Å². The molecule has 12 rings (SSSR count). The third-order valence-electron chi connectivity index (χ3n) is 19.4. The largest absolute Gasteiger partial charge is 0.508 e. The molecule has 10 atom stereocenters. The maximum atomic E-state index is 13.9. The van der Waals surface area contributed by atoms with Crippen molar-refractivity contribution in [3.63, 3.8) is 0 Å². The molecule has 6 aromatic carbocycles. The molecule has 6 aliphatic rings. The fraction of sp³-hybridized carbons (Fsp3) is 0.438. The average Bonchev–Trinajstić information content (AvgIpc) is 4.00. The second-order valence-electron chi connectivity index (χ2n) is 24.0. The summed E-state index contributed by atoms with van der Waals surface area (Å²) < 4.78 is 98.7. The molecular formula is C64H75N3O10S3. The lowest BCUT2D eigenvalue weighted by Crippen LogP contribution is -2.46. The van der Waals surface area contributed by atoms with Gasteiger partial charge in [-0.25, -0.2) is 0 Å². The first-order valence-corrected chi connectivity index (χ1v) is 32.7. The van der Waals surface area contributed by atoms with E-state index in [-0.39, 0.29) is 55.0 Å². The van der Waals surface area contributed by atoms with Crippen LogP contribution in [-0.2, 0) is 78.3 Å². The third-order valence-corrected chi connectivity index (χ3v) is 22.5. The number of hydrogen-bond donors (Lipinski definition) is 2. The first kappa shape index (κ1) is 56.4. The monoisotopic (exact) mass is 1140 g/mol. The Balaban J connectivity index is 0.000000170. The van der Waals surface area contributed by atoms with Crippen molar-refractivity contribution in [2.24, 2.45) is 39.6 Å². The standard InChI is InChI=1S/C32H38N2O6S2.C32H37NO4S/c1-32-19-18-28-27-15-13-26(39-41(33,35)36)20-25(27)12-14-29(28)30(32)16-17-31(32)40-42(37,38)34(21-23-8-4-2-5-9-23)22-24-10-6-3-7-11-24;1-32-19-18-28-27-15-13-26(34)20-25(27)12-14-29(28)30(32)16-17-31(32)37-38(35,36)33(21-23-8-4-2-5-9-23)22-24-10-6-3-7-11-24/h2-11,13,15,20,28-31H,12,14,16-19,21-22H2,1H3,(H2,33,35,36);2-11,13,15,20,28-31,34H,12,14,16-19,21-22H2,1H3/t2*28?,29?,30?,31-,32+/m11/s1. The molecule has 0 saturated heterocycles. The summed E-state index contributed by atoms with van der Waals surface area (Å²) in [4.78, 5) is 0. The average molecular weight is 1140 g/mol. The minimum atomic E-state index is -4.08. The van der Waals surface area contributed by atoms with Crippen LogP contribution in [0.5, 0.6) is 11.5 Å². The fourth-order valence-electron chi connectivity index (χ4n) is 15.5. The van der Waals surface area contributed by atoms with E-state index in [0.29, 0.717) is 47.7 Å². The van der Waals surface area contributed by atoms with E-state index in [1.807, 2.05) is 140 Å². The van der Waals surface area contributed by atoms with Crippen LogP contribution in [0.4, 0.5) is 0 Å². The van der Waals surface area contributed by atoms with E-state index < -0.39 is 30.9 Å². The molecule has 13 nitrogen and oxygen atoms in total. The second kappa shape index (κ2) is 23.1. The first-order chi connectivity index (χ1) is 38.3. The minimum Gasteiger partial charge on any atom is -0.508 e. The molecule has 3 N–H and O–H groups in total. The normalized spacial score (nSPS) is 27.8. The zero-order chi connectivity index (χ0) is 55.9. The summed E-state index contributed by atoms with van der Waals surface area (Å²) in [6, 6.07) is 50.1. The third kappa shape index (κ3) is 12.1. The Kier molecular flexibility index (Phi) is 16.3. The van der Waals surface area contributed by atoms with Crippen molar-refractivity contribution in [1.29, 1.82) is 0 Å². The summed E-state index contributed by atoms with van der Waals surface area (Å²) in [7, 11) is -12.1. The molecule has 0 radical (unpaired) electrons. The van der Waals surface area contributed by atoms with Gasteiger partial charge >= 0.3 is 30.9 Å². The summed E-state index contributed by atoms with van der Waals surface area (Å²) in [6.45, 7) is 5.52. The summed E-state index contributed by atoms with van der Waals surface area (Å²) in [5.74, 6) is 3.16. The van der Waals surface area contributed by atoms with Gasteiger partial charge in [0.15, 0.2) is 0 Å². The van der Waals surface area contributed by atoms with Gasteiger partial charge in [-0.2, -0.15) is 39.0 Å². The molecule has 424 valence electrons. The van der Waals surface area contributed by atoms with Crippen molar-refractivity contribution >= 4 is 30.9 Å². The van der Waals surface area contributed by atoms with Gasteiger partial charge in [-0.05, 0) is 192 Å².